The van der Waals surface area contributed by atoms with Crippen molar-refractivity contribution in [1.29, 1.82) is 0 Å². The van der Waals surface area contributed by atoms with Crippen LogP contribution < -0.4 is 4.90 Å². The molecule has 1 saturated heterocycles. The number of benzene rings is 3. The first-order chi connectivity index (χ1) is 14.2. The quantitative estimate of drug-likeness (QED) is 0.693. The van der Waals surface area contributed by atoms with Crippen molar-refractivity contribution in [3.8, 4) is 0 Å². The van der Waals surface area contributed by atoms with E-state index in [0.29, 0.717) is 18.7 Å². The molecule has 29 heavy (non-hydrogen) atoms. The Morgan fingerprint density at radius 1 is 0.828 bits per heavy atom. The molecular weight excluding hydrogens is 362 g/mol. The van der Waals surface area contributed by atoms with Crippen molar-refractivity contribution >= 4 is 28.3 Å². The fourth-order valence-electron chi connectivity index (χ4n) is 4.37. The molecule has 0 radical (unpaired) electrons. The first kappa shape index (κ1) is 17.9. The average Bonchev–Trinajstić information content (AvgIpc) is 3.03. The lowest BCUT2D eigenvalue weighted by Gasteiger charge is -2.35. The average molecular weight is 385 g/mol. The summed E-state index contributed by atoms with van der Waals surface area (Å²) in [6.45, 7) is 4.11. The number of carbonyl (C=O) groups excluding carboxylic acids is 2. The molecule has 1 fully saturated rings. The third kappa shape index (κ3) is 3.28. The summed E-state index contributed by atoms with van der Waals surface area (Å²) >= 11 is 0. The third-order valence-electron chi connectivity index (χ3n) is 5.92. The van der Waals surface area contributed by atoms with E-state index in [0.717, 1.165) is 36.1 Å². The number of hydrogen-bond acceptors (Lipinski definition) is 3. The lowest BCUT2D eigenvalue weighted by atomic mass is 10.1. The summed E-state index contributed by atoms with van der Waals surface area (Å²) < 4.78 is 0. The number of piperazine rings is 1. The molecule has 3 aromatic rings. The van der Waals surface area contributed by atoms with Gasteiger partial charge in [-0.15, -0.1) is 0 Å². The minimum atomic E-state index is -0.0761. The molecule has 0 unspecified atom stereocenters. The van der Waals surface area contributed by atoms with Crippen LogP contribution in [0.5, 0.6) is 0 Å². The van der Waals surface area contributed by atoms with Crippen LogP contribution in [0, 0.1) is 0 Å². The monoisotopic (exact) mass is 385 g/mol. The van der Waals surface area contributed by atoms with Crippen molar-refractivity contribution in [2.75, 3.05) is 37.6 Å². The van der Waals surface area contributed by atoms with Gasteiger partial charge in [0.25, 0.3) is 5.91 Å². The predicted octanol–water partition coefficient (Wildman–Crippen LogP) is 3.14. The zero-order chi connectivity index (χ0) is 19.8. The van der Waals surface area contributed by atoms with Gasteiger partial charge in [-0.3, -0.25) is 19.4 Å². The van der Waals surface area contributed by atoms with Crippen LogP contribution in [0.1, 0.15) is 15.9 Å². The van der Waals surface area contributed by atoms with Gasteiger partial charge in [0.1, 0.15) is 6.54 Å². The number of anilines is 1. The molecule has 0 spiro atoms. The molecule has 5 rings (SSSR count). The van der Waals surface area contributed by atoms with Crippen LogP contribution in [0.25, 0.3) is 10.8 Å². The van der Waals surface area contributed by atoms with Gasteiger partial charge < -0.3 is 4.90 Å². The van der Waals surface area contributed by atoms with Crippen LogP contribution in [-0.2, 0) is 11.3 Å². The van der Waals surface area contributed by atoms with Gasteiger partial charge in [0.2, 0.25) is 5.91 Å². The van der Waals surface area contributed by atoms with Crippen LogP contribution in [-0.4, -0.2) is 54.3 Å². The lowest BCUT2D eigenvalue weighted by Crippen LogP contribution is -2.51. The lowest BCUT2D eigenvalue weighted by molar-refractivity contribution is -0.131. The highest BCUT2D eigenvalue weighted by molar-refractivity contribution is 6.26. The second kappa shape index (κ2) is 7.33. The Balaban J connectivity index is 1.24. The van der Waals surface area contributed by atoms with Crippen molar-refractivity contribution < 1.29 is 9.59 Å². The molecule has 3 aromatic carbocycles. The number of hydrogen-bond donors (Lipinski definition) is 0. The number of carbonyl (C=O) groups is 2. The Morgan fingerprint density at radius 2 is 1.55 bits per heavy atom. The normalized spacial score (nSPS) is 16.6. The maximum absolute atomic E-state index is 12.9. The van der Waals surface area contributed by atoms with Crippen LogP contribution in [0.4, 0.5) is 5.69 Å². The van der Waals surface area contributed by atoms with Crippen LogP contribution in [0.2, 0.25) is 0 Å². The number of amides is 2. The molecule has 0 bridgehead atoms. The molecule has 2 aliphatic rings. The van der Waals surface area contributed by atoms with E-state index in [1.165, 1.54) is 5.56 Å². The molecule has 0 atom stereocenters. The molecule has 2 heterocycles. The molecule has 146 valence electrons. The SMILES string of the molecule is O=C(CN1C(=O)c2cccc3cccc1c23)N1CCN(Cc2ccccc2)CC1. The van der Waals surface area contributed by atoms with Gasteiger partial charge in [-0.2, -0.15) is 0 Å². The van der Waals surface area contributed by atoms with Crippen molar-refractivity contribution in [1.82, 2.24) is 9.80 Å². The van der Waals surface area contributed by atoms with E-state index >= 15 is 0 Å². The molecule has 0 aromatic heterocycles. The summed E-state index contributed by atoms with van der Waals surface area (Å²) in [5.74, 6) is -0.0598. The van der Waals surface area contributed by atoms with Gasteiger partial charge >= 0.3 is 0 Å². The molecule has 0 saturated carbocycles. The highest BCUT2D eigenvalue weighted by atomic mass is 16.2. The Kier molecular flexibility index (Phi) is 4.52. The Labute approximate surface area is 170 Å². The Bertz CT molecular complexity index is 1070. The third-order valence-corrected chi connectivity index (χ3v) is 5.92. The summed E-state index contributed by atoms with van der Waals surface area (Å²) in [6, 6.07) is 22.0. The highest BCUT2D eigenvalue weighted by Crippen LogP contribution is 2.37. The fraction of sp³-hybridized carbons (Fsp3) is 0.250. The van der Waals surface area contributed by atoms with Gasteiger partial charge in [0.05, 0.1) is 5.69 Å². The largest absolute Gasteiger partial charge is 0.339 e. The Morgan fingerprint density at radius 3 is 2.31 bits per heavy atom. The molecule has 2 amide bonds. The number of rotatable bonds is 4. The first-order valence-corrected chi connectivity index (χ1v) is 10.1. The van der Waals surface area contributed by atoms with Crippen molar-refractivity contribution in [3.63, 3.8) is 0 Å². The second-order valence-corrected chi connectivity index (χ2v) is 7.71. The summed E-state index contributed by atoms with van der Waals surface area (Å²) in [4.78, 5) is 31.7. The fourth-order valence-corrected chi connectivity index (χ4v) is 4.37. The van der Waals surface area contributed by atoms with Crippen molar-refractivity contribution in [2.45, 2.75) is 6.54 Å². The van der Waals surface area contributed by atoms with E-state index in [-0.39, 0.29) is 18.4 Å². The van der Waals surface area contributed by atoms with Gasteiger partial charge in [0, 0.05) is 43.7 Å². The molecular formula is C24H23N3O2. The van der Waals surface area contributed by atoms with Gasteiger partial charge in [-0.1, -0.05) is 54.6 Å². The molecule has 0 N–H and O–H groups in total. The smallest absolute Gasteiger partial charge is 0.259 e. The summed E-state index contributed by atoms with van der Waals surface area (Å²) in [5.41, 5.74) is 2.83. The molecule has 2 aliphatic heterocycles. The molecule has 5 heteroatoms. The van der Waals surface area contributed by atoms with Gasteiger partial charge in [0.15, 0.2) is 0 Å². The predicted molar refractivity (Wildman–Crippen MR) is 114 cm³/mol. The maximum atomic E-state index is 12.9. The van der Waals surface area contributed by atoms with Gasteiger partial charge in [-0.05, 0) is 23.1 Å². The molecule has 5 nitrogen and oxygen atoms in total. The van der Waals surface area contributed by atoms with Crippen molar-refractivity contribution in [2.24, 2.45) is 0 Å². The van der Waals surface area contributed by atoms with E-state index in [4.69, 9.17) is 0 Å². The van der Waals surface area contributed by atoms with Crippen LogP contribution in [0.15, 0.2) is 66.7 Å². The summed E-state index contributed by atoms with van der Waals surface area (Å²) in [5, 5.41) is 2.00. The van der Waals surface area contributed by atoms with E-state index < -0.39 is 0 Å². The Hall–Kier alpha value is -3.18. The van der Waals surface area contributed by atoms with Crippen LogP contribution >= 0.6 is 0 Å². The molecule has 0 aliphatic carbocycles. The zero-order valence-electron chi connectivity index (χ0n) is 16.3. The highest BCUT2D eigenvalue weighted by Gasteiger charge is 2.32. The zero-order valence-corrected chi connectivity index (χ0v) is 16.3. The van der Waals surface area contributed by atoms with E-state index in [1.54, 1.807) is 4.90 Å². The maximum Gasteiger partial charge on any atom is 0.259 e. The minimum Gasteiger partial charge on any atom is -0.339 e. The summed E-state index contributed by atoms with van der Waals surface area (Å²) in [7, 11) is 0. The van der Waals surface area contributed by atoms with Crippen LogP contribution in [0.3, 0.4) is 0 Å². The second-order valence-electron chi connectivity index (χ2n) is 7.71. The topological polar surface area (TPSA) is 43.9 Å². The minimum absolute atomic E-state index is 0.0162. The summed E-state index contributed by atoms with van der Waals surface area (Å²) in [6.07, 6.45) is 0. The van der Waals surface area contributed by atoms with E-state index in [9.17, 15) is 9.59 Å². The first-order valence-electron chi connectivity index (χ1n) is 10.1. The standard InChI is InChI=1S/C24H23N3O2/c28-22(26-14-12-25(13-15-26)16-18-6-2-1-3-7-18)17-27-21-11-5-9-19-8-4-10-20(23(19)21)24(27)29/h1-11H,12-17H2. The van der Waals surface area contributed by atoms with E-state index in [1.807, 2.05) is 47.4 Å². The number of nitrogens with zero attached hydrogens (tertiary/aromatic N) is 3. The van der Waals surface area contributed by atoms with Crippen molar-refractivity contribution in [3.05, 3.63) is 77.9 Å². The van der Waals surface area contributed by atoms with E-state index in [2.05, 4.69) is 29.2 Å². The van der Waals surface area contributed by atoms with Gasteiger partial charge in [-0.25, -0.2) is 0 Å².